The predicted octanol–water partition coefficient (Wildman–Crippen LogP) is 0.588. The molecule has 1 aromatic rings. The summed E-state index contributed by atoms with van der Waals surface area (Å²) in [5.41, 5.74) is 0.920. The Morgan fingerprint density at radius 2 is 1.57 bits per heavy atom. The van der Waals surface area contributed by atoms with Gasteiger partial charge in [-0.25, -0.2) is 5.14 Å². The van der Waals surface area contributed by atoms with Gasteiger partial charge in [0.15, 0.2) is 0 Å². The number of amides is 2. The molecule has 2 aliphatic heterocycles. The van der Waals surface area contributed by atoms with E-state index in [4.69, 9.17) is 5.14 Å². The van der Waals surface area contributed by atoms with Crippen LogP contribution in [-0.2, 0) is 10.2 Å². The Morgan fingerprint density at radius 1 is 1.04 bits per heavy atom. The van der Waals surface area contributed by atoms with Crippen LogP contribution in [-0.4, -0.2) is 49.1 Å². The number of hydrogen-bond donors (Lipinski definition) is 1. The molecule has 2 heterocycles. The third kappa shape index (κ3) is 3.15. The Kier molecular flexibility index (Phi) is 4.22. The predicted molar refractivity (Wildman–Crippen MR) is 83.8 cm³/mol. The van der Waals surface area contributed by atoms with Crippen molar-refractivity contribution < 1.29 is 18.0 Å². The molecule has 1 fully saturated rings. The second kappa shape index (κ2) is 6.03. The molecule has 3 rings (SSSR count). The maximum absolute atomic E-state index is 12.3. The second-order valence-electron chi connectivity index (χ2n) is 5.98. The molecule has 0 spiro atoms. The Morgan fingerprint density at radius 3 is 2.04 bits per heavy atom. The first kappa shape index (κ1) is 16.1. The average Bonchev–Trinajstić information content (AvgIpc) is 2.77. The number of fused-ring (bicyclic) bond motifs is 1. The van der Waals surface area contributed by atoms with Crippen molar-refractivity contribution in [3.8, 4) is 0 Å². The molecule has 0 radical (unpaired) electrons. The first-order valence-corrected chi connectivity index (χ1v) is 9.11. The highest BCUT2D eigenvalue weighted by molar-refractivity contribution is 7.86. The third-order valence-electron chi connectivity index (χ3n) is 4.57. The van der Waals surface area contributed by atoms with E-state index in [0.717, 1.165) is 0 Å². The van der Waals surface area contributed by atoms with Gasteiger partial charge in [-0.1, -0.05) is 12.1 Å². The number of rotatable bonds is 4. The molecule has 124 valence electrons. The van der Waals surface area contributed by atoms with Crippen molar-refractivity contribution in [2.45, 2.75) is 19.3 Å². The largest absolute Gasteiger partial charge is 0.276 e. The molecule has 23 heavy (non-hydrogen) atoms. The lowest BCUT2D eigenvalue weighted by Crippen LogP contribution is -2.42. The van der Waals surface area contributed by atoms with E-state index in [1.807, 2.05) is 0 Å². The van der Waals surface area contributed by atoms with E-state index in [9.17, 15) is 18.0 Å². The Labute approximate surface area is 135 Å². The minimum atomic E-state index is -3.62. The molecular formula is C15H19N3O4S. The number of nitrogens with zero attached hydrogens (tertiary/aromatic N) is 2. The van der Waals surface area contributed by atoms with Gasteiger partial charge in [0.05, 0.1) is 11.1 Å². The van der Waals surface area contributed by atoms with Crippen molar-refractivity contribution in [1.82, 2.24) is 9.21 Å². The van der Waals surface area contributed by atoms with Gasteiger partial charge in [0.25, 0.3) is 22.0 Å². The SMILES string of the molecule is NS(=O)(=O)N1CCC(CCN2C(=O)c3ccccc3C2=O)CC1. The normalized spacial score (nSPS) is 20.1. The fraction of sp³-hybridized carbons (Fsp3) is 0.467. The summed E-state index contributed by atoms with van der Waals surface area (Å²) >= 11 is 0. The van der Waals surface area contributed by atoms with E-state index in [-0.39, 0.29) is 17.7 Å². The number of imide groups is 1. The van der Waals surface area contributed by atoms with E-state index in [1.165, 1.54) is 9.21 Å². The summed E-state index contributed by atoms with van der Waals surface area (Å²) in [6.07, 6.45) is 2.07. The Hall–Kier alpha value is -1.77. The van der Waals surface area contributed by atoms with Crippen molar-refractivity contribution in [2.75, 3.05) is 19.6 Å². The minimum absolute atomic E-state index is 0.243. The number of carbonyl (C=O) groups excluding carboxylic acids is 2. The van der Waals surface area contributed by atoms with Crippen molar-refractivity contribution in [2.24, 2.45) is 11.1 Å². The third-order valence-corrected chi connectivity index (χ3v) is 5.66. The maximum Gasteiger partial charge on any atom is 0.276 e. The van der Waals surface area contributed by atoms with Crippen LogP contribution in [0, 0.1) is 5.92 Å². The Bertz CT molecular complexity index is 704. The van der Waals surface area contributed by atoms with Crippen LogP contribution in [0.1, 0.15) is 40.0 Å². The maximum atomic E-state index is 12.3. The summed E-state index contributed by atoms with van der Waals surface area (Å²) in [4.78, 5) is 25.8. The highest BCUT2D eigenvalue weighted by Gasteiger charge is 2.35. The number of nitrogens with two attached hydrogens (primary N) is 1. The molecule has 0 bridgehead atoms. The van der Waals surface area contributed by atoms with Gasteiger partial charge in [-0.05, 0) is 37.3 Å². The van der Waals surface area contributed by atoms with Crippen LogP contribution in [0.3, 0.4) is 0 Å². The molecule has 2 N–H and O–H groups in total. The zero-order valence-electron chi connectivity index (χ0n) is 12.6. The Balaban J connectivity index is 1.57. The molecule has 1 aromatic carbocycles. The van der Waals surface area contributed by atoms with Crippen molar-refractivity contribution >= 4 is 22.0 Å². The lowest BCUT2D eigenvalue weighted by Gasteiger charge is -2.30. The fourth-order valence-electron chi connectivity index (χ4n) is 3.21. The van der Waals surface area contributed by atoms with E-state index in [2.05, 4.69) is 0 Å². The number of hydrogen-bond acceptors (Lipinski definition) is 4. The van der Waals surface area contributed by atoms with Gasteiger partial charge in [0.1, 0.15) is 0 Å². The van der Waals surface area contributed by atoms with Crippen LogP contribution in [0.2, 0.25) is 0 Å². The van der Waals surface area contributed by atoms with Crippen LogP contribution in [0.4, 0.5) is 0 Å². The molecule has 2 aliphatic rings. The average molecular weight is 337 g/mol. The van der Waals surface area contributed by atoms with E-state index in [1.54, 1.807) is 24.3 Å². The zero-order valence-corrected chi connectivity index (χ0v) is 13.5. The van der Waals surface area contributed by atoms with Gasteiger partial charge in [0, 0.05) is 19.6 Å². The van der Waals surface area contributed by atoms with Gasteiger partial charge in [-0.3, -0.25) is 14.5 Å². The van der Waals surface area contributed by atoms with Gasteiger partial charge in [0.2, 0.25) is 0 Å². The molecule has 0 atom stereocenters. The molecule has 1 saturated heterocycles. The minimum Gasteiger partial charge on any atom is -0.274 e. The number of benzene rings is 1. The first-order valence-electron chi connectivity index (χ1n) is 7.61. The highest BCUT2D eigenvalue weighted by atomic mass is 32.2. The molecule has 0 aliphatic carbocycles. The molecule has 8 heteroatoms. The van der Waals surface area contributed by atoms with Crippen LogP contribution in [0.5, 0.6) is 0 Å². The van der Waals surface area contributed by atoms with Gasteiger partial charge >= 0.3 is 0 Å². The number of carbonyl (C=O) groups is 2. The monoisotopic (exact) mass is 337 g/mol. The summed E-state index contributed by atoms with van der Waals surface area (Å²) in [6.45, 7) is 1.16. The molecule has 0 saturated carbocycles. The van der Waals surface area contributed by atoms with Crippen molar-refractivity contribution in [3.63, 3.8) is 0 Å². The lowest BCUT2D eigenvalue weighted by atomic mass is 9.94. The van der Waals surface area contributed by atoms with E-state index < -0.39 is 10.2 Å². The standard InChI is InChI=1S/C15H19N3O4S/c16-23(21,22)17-8-5-11(6-9-17)7-10-18-14(19)12-3-1-2-4-13(12)15(18)20/h1-4,11H,5-10H2,(H2,16,21,22). The van der Waals surface area contributed by atoms with Gasteiger partial charge in [-0.15, -0.1) is 0 Å². The second-order valence-corrected chi connectivity index (χ2v) is 7.53. The summed E-state index contributed by atoms with van der Waals surface area (Å²) in [5.74, 6) is -0.197. The molecular weight excluding hydrogens is 318 g/mol. The zero-order chi connectivity index (χ0) is 16.6. The highest BCUT2D eigenvalue weighted by Crippen LogP contribution is 2.26. The van der Waals surface area contributed by atoms with Crippen LogP contribution >= 0.6 is 0 Å². The van der Waals surface area contributed by atoms with Gasteiger partial charge < -0.3 is 0 Å². The van der Waals surface area contributed by atoms with E-state index >= 15 is 0 Å². The smallest absolute Gasteiger partial charge is 0.274 e. The molecule has 7 nitrogen and oxygen atoms in total. The summed E-state index contributed by atoms with van der Waals surface area (Å²) in [5, 5.41) is 5.11. The van der Waals surface area contributed by atoms with Crippen molar-refractivity contribution in [1.29, 1.82) is 0 Å². The van der Waals surface area contributed by atoms with Gasteiger partial charge in [-0.2, -0.15) is 12.7 Å². The van der Waals surface area contributed by atoms with Crippen LogP contribution < -0.4 is 5.14 Å². The summed E-state index contributed by atoms with van der Waals surface area (Å²) in [7, 11) is -3.62. The lowest BCUT2D eigenvalue weighted by molar-refractivity contribution is 0.0641. The van der Waals surface area contributed by atoms with Crippen LogP contribution in [0.25, 0.3) is 0 Å². The number of piperidine rings is 1. The van der Waals surface area contributed by atoms with E-state index in [0.29, 0.717) is 50.0 Å². The van der Waals surface area contributed by atoms with Crippen molar-refractivity contribution in [3.05, 3.63) is 35.4 Å². The summed E-state index contributed by atoms with van der Waals surface area (Å²) in [6, 6.07) is 6.83. The first-order chi connectivity index (χ1) is 10.9. The summed E-state index contributed by atoms with van der Waals surface area (Å²) < 4.78 is 23.8. The molecule has 0 aromatic heterocycles. The van der Waals surface area contributed by atoms with Crippen LogP contribution in [0.15, 0.2) is 24.3 Å². The molecule has 2 amide bonds. The quantitative estimate of drug-likeness (QED) is 0.812. The topological polar surface area (TPSA) is 101 Å². The molecule has 0 unspecified atom stereocenters. The fourth-order valence-corrected chi connectivity index (χ4v) is 3.93.